The van der Waals surface area contributed by atoms with E-state index < -0.39 is 0 Å². The van der Waals surface area contributed by atoms with Gasteiger partial charge in [0.2, 0.25) is 0 Å². The van der Waals surface area contributed by atoms with Crippen LogP contribution in [-0.4, -0.2) is 0 Å². The minimum atomic E-state index is 0.764. The van der Waals surface area contributed by atoms with Crippen LogP contribution in [0.2, 0.25) is 0 Å². The Hall–Kier alpha value is -2.74. The van der Waals surface area contributed by atoms with Crippen molar-refractivity contribution in [3.8, 4) is 23.0 Å². The summed E-state index contributed by atoms with van der Waals surface area (Å²) in [6.07, 6.45) is 0. The third-order valence-corrected chi connectivity index (χ3v) is 4.23. The molecule has 0 radical (unpaired) electrons. The first-order valence-electron chi connectivity index (χ1n) is 8.11. The molecule has 3 rings (SSSR count). The van der Waals surface area contributed by atoms with E-state index in [0.717, 1.165) is 23.0 Å². The van der Waals surface area contributed by atoms with Crippen molar-refractivity contribution in [2.45, 2.75) is 27.7 Å². The van der Waals surface area contributed by atoms with Crippen LogP contribution in [0.4, 0.5) is 0 Å². The minimum absolute atomic E-state index is 0.764. The fraction of sp³-hybridized carbons (Fsp3) is 0.182. The molecular weight excluding hydrogens is 296 g/mol. The normalized spacial score (nSPS) is 10.5. The summed E-state index contributed by atoms with van der Waals surface area (Å²) < 4.78 is 11.9. The van der Waals surface area contributed by atoms with E-state index in [1.807, 2.05) is 48.5 Å². The van der Waals surface area contributed by atoms with Gasteiger partial charge in [-0.3, -0.25) is 0 Å². The smallest absolute Gasteiger partial charge is 0.131 e. The molecule has 0 atom stereocenters. The first-order valence-corrected chi connectivity index (χ1v) is 8.11. The Morgan fingerprint density at radius 3 is 1.29 bits per heavy atom. The van der Waals surface area contributed by atoms with E-state index in [1.54, 1.807) is 0 Å². The molecule has 0 heterocycles. The van der Waals surface area contributed by atoms with Crippen LogP contribution in [0.3, 0.4) is 0 Å². The molecule has 0 spiro atoms. The van der Waals surface area contributed by atoms with Gasteiger partial charge in [0.15, 0.2) is 0 Å². The molecule has 2 nitrogen and oxygen atoms in total. The molecule has 0 aliphatic carbocycles. The van der Waals surface area contributed by atoms with Crippen LogP contribution in [0.1, 0.15) is 22.3 Å². The Bertz CT molecular complexity index is 797. The average Bonchev–Trinajstić information content (AvgIpc) is 2.55. The average molecular weight is 318 g/mol. The van der Waals surface area contributed by atoms with Crippen molar-refractivity contribution in [1.82, 2.24) is 0 Å². The Labute approximate surface area is 143 Å². The number of benzene rings is 3. The molecule has 0 unspecified atom stereocenters. The van der Waals surface area contributed by atoms with E-state index in [4.69, 9.17) is 9.47 Å². The third kappa shape index (κ3) is 3.77. The SMILES string of the molecule is Cc1ccc(Oc2cccc(Oc3ccc(C)c(C)c3)c2)cc1C. The standard InChI is InChI=1S/C22H22O2/c1-15-8-10-21(12-17(15)3)23-19-6-5-7-20(14-19)24-22-11-9-16(2)18(4)13-22/h5-14H,1-4H3. The summed E-state index contributed by atoms with van der Waals surface area (Å²) in [5.74, 6) is 3.20. The van der Waals surface area contributed by atoms with Crippen molar-refractivity contribution in [3.05, 3.63) is 82.9 Å². The Morgan fingerprint density at radius 2 is 0.875 bits per heavy atom. The van der Waals surface area contributed by atoms with Gasteiger partial charge in [0.1, 0.15) is 23.0 Å². The van der Waals surface area contributed by atoms with Gasteiger partial charge >= 0.3 is 0 Å². The molecule has 0 saturated carbocycles. The first kappa shape index (κ1) is 16.1. The predicted octanol–water partition coefficient (Wildman–Crippen LogP) is 6.50. The van der Waals surface area contributed by atoms with E-state index in [0.29, 0.717) is 0 Å². The topological polar surface area (TPSA) is 18.5 Å². The number of rotatable bonds is 4. The molecule has 122 valence electrons. The van der Waals surface area contributed by atoms with E-state index in [1.165, 1.54) is 22.3 Å². The van der Waals surface area contributed by atoms with Crippen LogP contribution in [0.25, 0.3) is 0 Å². The summed E-state index contributed by atoms with van der Waals surface area (Å²) in [6, 6.07) is 19.9. The number of hydrogen-bond donors (Lipinski definition) is 0. The minimum Gasteiger partial charge on any atom is -0.457 e. The van der Waals surface area contributed by atoms with E-state index in [2.05, 4.69) is 39.8 Å². The predicted molar refractivity (Wildman–Crippen MR) is 98.4 cm³/mol. The van der Waals surface area contributed by atoms with Crippen molar-refractivity contribution < 1.29 is 9.47 Å². The molecule has 3 aromatic rings. The zero-order valence-corrected chi connectivity index (χ0v) is 14.6. The van der Waals surface area contributed by atoms with Crippen LogP contribution < -0.4 is 9.47 Å². The highest BCUT2D eigenvalue weighted by atomic mass is 16.5. The monoisotopic (exact) mass is 318 g/mol. The van der Waals surface area contributed by atoms with Crippen LogP contribution in [0, 0.1) is 27.7 Å². The molecule has 0 N–H and O–H groups in total. The van der Waals surface area contributed by atoms with Crippen molar-refractivity contribution in [2.24, 2.45) is 0 Å². The maximum absolute atomic E-state index is 5.96. The van der Waals surface area contributed by atoms with Crippen molar-refractivity contribution in [1.29, 1.82) is 0 Å². The van der Waals surface area contributed by atoms with Crippen LogP contribution in [-0.2, 0) is 0 Å². The second kappa shape index (κ2) is 6.79. The lowest BCUT2D eigenvalue weighted by Gasteiger charge is -2.11. The van der Waals surface area contributed by atoms with Crippen LogP contribution in [0.5, 0.6) is 23.0 Å². The Balaban J connectivity index is 1.78. The molecule has 2 heteroatoms. The molecule has 0 aliphatic rings. The van der Waals surface area contributed by atoms with Gasteiger partial charge in [-0.1, -0.05) is 18.2 Å². The van der Waals surface area contributed by atoms with Crippen molar-refractivity contribution in [2.75, 3.05) is 0 Å². The summed E-state index contributed by atoms with van der Waals surface area (Å²) in [5.41, 5.74) is 4.95. The first-order chi connectivity index (χ1) is 11.5. The van der Waals surface area contributed by atoms with Gasteiger partial charge in [-0.25, -0.2) is 0 Å². The maximum Gasteiger partial charge on any atom is 0.131 e. The number of ether oxygens (including phenoxy) is 2. The zero-order valence-electron chi connectivity index (χ0n) is 14.6. The summed E-state index contributed by atoms with van der Waals surface area (Å²) >= 11 is 0. The lowest BCUT2D eigenvalue weighted by molar-refractivity contribution is 0.460. The quantitative estimate of drug-likeness (QED) is 0.546. The van der Waals surface area contributed by atoms with Gasteiger partial charge in [0.25, 0.3) is 0 Å². The van der Waals surface area contributed by atoms with Gasteiger partial charge in [0.05, 0.1) is 0 Å². The molecule has 0 saturated heterocycles. The van der Waals surface area contributed by atoms with Gasteiger partial charge in [-0.05, 0) is 86.3 Å². The third-order valence-electron chi connectivity index (χ3n) is 4.23. The zero-order chi connectivity index (χ0) is 17.1. The highest BCUT2D eigenvalue weighted by molar-refractivity contribution is 5.42. The number of aryl methyl sites for hydroxylation is 4. The summed E-state index contributed by atoms with van der Waals surface area (Å²) in [5, 5.41) is 0. The molecule has 0 aromatic heterocycles. The van der Waals surface area contributed by atoms with Crippen LogP contribution >= 0.6 is 0 Å². The lowest BCUT2D eigenvalue weighted by Crippen LogP contribution is -1.89. The van der Waals surface area contributed by atoms with Crippen molar-refractivity contribution in [3.63, 3.8) is 0 Å². The second-order valence-corrected chi connectivity index (χ2v) is 6.17. The van der Waals surface area contributed by atoms with E-state index in [-0.39, 0.29) is 0 Å². The largest absolute Gasteiger partial charge is 0.457 e. The molecule has 3 aromatic carbocycles. The highest BCUT2D eigenvalue weighted by Crippen LogP contribution is 2.29. The van der Waals surface area contributed by atoms with E-state index in [9.17, 15) is 0 Å². The highest BCUT2D eigenvalue weighted by Gasteiger charge is 2.04. The van der Waals surface area contributed by atoms with Gasteiger partial charge in [0, 0.05) is 6.07 Å². The Kier molecular flexibility index (Phi) is 4.57. The van der Waals surface area contributed by atoms with Crippen LogP contribution in [0.15, 0.2) is 60.7 Å². The maximum atomic E-state index is 5.96. The number of hydrogen-bond acceptors (Lipinski definition) is 2. The summed E-state index contributed by atoms with van der Waals surface area (Å²) in [7, 11) is 0. The molecular formula is C22H22O2. The van der Waals surface area contributed by atoms with Gasteiger partial charge < -0.3 is 9.47 Å². The fourth-order valence-corrected chi connectivity index (χ4v) is 2.43. The lowest BCUT2D eigenvalue weighted by atomic mass is 10.1. The summed E-state index contributed by atoms with van der Waals surface area (Å²) in [4.78, 5) is 0. The fourth-order valence-electron chi connectivity index (χ4n) is 2.43. The molecule has 0 fully saturated rings. The molecule has 24 heavy (non-hydrogen) atoms. The van der Waals surface area contributed by atoms with Crippen molar-refractivity contribution >= 4 is 0 Å². The second-order valence-electron chi connectivity index (χ2n) is 6.17. The Morgan fingerprint density at radius 1 is 0.458 bits per heavy atom. The molecule has 0 amide bonds. The summed E-state index contributed by atoms with van der Waals surface area (Å²) in [6.45, 7) is 8.36. The molecule has 0 bridgehead atoms. The van der Waals surface area contributed by atoms with Gasteiger partial charge in [-0.15, -0.1) is 0 Å². The van der Waals surface area contributed by atoms with Gasteiger partial charge in [-0.2, -0.15) is 0 Å². The molecule has 0 aliphatic heterocycles. The van der Waals surface area contributed by atoms with E-state index >= 15 is 0 Å².